The summed E-state index contributed by atoms with van der Waals surface area (Å²) in [6.45, 7) is 1.81. The summed E-state index contributed by atoms with van der Waals surface area (Å²) < 4.78 is 5.06. The molecule has 4 rings (SSSR count). The van der Waals surface area contributed by atoms with Gasteiger partial charge >= 0.3 is 5.97 Å². The lowest BCUT2D eigenvalue weighted by molar-refractivity contribution is -0.115. The van der Waals surface area contributed by atoms with E-state index in [1.165, 1.54) is 42.7 Å². The number of anilines is 2. The number of rotatable bonds is 7. The minimum absolute atomic E-state index is 0.211. The number of hydrogen-bond acceptors (Lipinski definition) is 6. The van der Waals surface area contributed by atoms with E-state index >= 15 is 0 Å². The number of nitrogens with one attached hydrogen (secondary N) is 2. The van der Waals surface area contributed by atoms with Crippen LogP contribution >= 0.6 is 46.3 Å². The van der Waals surface area contributed by atoms with E-state index in [9.17, 15) is 14.4 Å². The van der Waals surface area contributed by atoms with Crippen molar-refractivity contribution in [3.05, 3.63) is 74.1 Å². The van der Waals surface area contributed by atoms with Crippen molar-refractivity contribution in [1.29, 1.82) is 0 Å². The molecular formula is C28H28Cl2N2O4S2. The fourth-order valence-corrected chi connectivity index (χ4v) is 7.02. The predicted molar refractivity (Wildman–Crippen MR) is 156 cm³/mol. The van der Waals surface area contributed by atoms with E-state index in [0.717, 1.165) is 47.4 Å². The Morgan fingerprint density at radius 2 is 1.76 bits per heavy atom. The summed E-state index contributed by atoms with van der Waals surface area (Å²) in [6, 6.07) is 11.9. The number of thioether (sulfide) groups is 1. The molecule has 3 aromatic rings. The van der Waals surface area contributed by atoms with Gasteiger partial charge in [0, 0.05) is 20.5 Å². The van der Waals surface area contributed by atoms with Crippen LogP contribution in [0.3, 0.4) is 0 Å². The molecule has 38 heavy (non-hydrogen) atoms. The van der Waals surface area contributed by atoms with Gasteiger partial charge in [-0.3, -0.25) is 9.59 Å². The summed E-state index contributed by atoms with van der Waals surface area (Å²) in [7, 11) is 1.37. The van der Waals surface area contributed by atoms with Crippen LogP contribution in [0, 0.1) is 0 Å². The van der Waals surface area contributed by atoms with Crippen LogP contribution in [0.15, 0.2) is 47.4 Å². The van der Waals surface area contributed by atoms with Gasteiger partial charge in [0.1, 0.15) is 5.00 Å². The lowest BCUT2D eigenvalue weighted by Crippen LogP contribution is -2.23. The van der Waals surface area contributed by atoms with E-state index in [1.54, 1.807) is 37.3 Å². The molecule has 1 aromatic heterocycles. The second kappa shape index (κ2) is 13.0. The number of hydrogen-bond donors (Lipinski definition) is 2. The molecule has 1 heterocycles. The maximum atomic E-state index is 13.2. The number of esters is 1. The largest absolute Gasteiger partial charge is 0.465 e. The monoisotopic (exact) mass is 590 g/mol. The molecule has 200 valence electrons. The van der Waals surface area contributed by atoms with Crippen molar-refractivity contribution in [2.75, 3.05) is 17.7 Å². The van der Waals surface area contributed by atoms with Gasteiger partial charge in [-0.15, -0.1) is 23.1 Å². The SMILES string of the molecule is COC(=O)c1c(NC(=O)C(C)Sc2cccc(NC(=O)c3ccc(Cl)cc3Cl)c2)sc2c1CCCCCC2. The summed E-state index contributed by atoms with van der Waals surface area (Å²) in [4.78, 5) is 40.5. The Kier molecular flexibility index (Phi) is 9.76. The summed E-state index contributed by atoms with van der Waals surface area (Å²) in [6.07, 6.45) is 6.12. The number of carbonyl (C=O) groups is 3. The molecule has 1 unspecified atom stereocenters. The molecule has 1 aliphatic carbocycles. The van der Waals surface area contributed by atoms with Crippen LogP contribution in [0.4, 0.5) is 10.7 Å². The summed E-state index contributed by atoms with van der Waals surface area (Å²) >= 11 is 14.9. The molecule has 2 N–H and O–H groups in total. The fraction of sp³-hybridized carbons (Fsp3) is 0.321. The maximum Gasteiger partial charge on any atom is 0.341 e. The van der Waals surface area contributed by atoms with Gasteiger partial charge in [-0.05, 0) is 74.6 Å². The third-order valence-electron chi connectivity index (χ3n) is 6.25. The summed E-state index contributed by atoms with van der Waals surface area (Å²) in [5.74, 6) is -0.983. The average Bonchev–Trinajstić information content (AvgIpc) is 3.19. The molecule has 0 bridgehead atoms. The van der Waals surface area contributed by atoms with Crippen molar-refractivity contribution in [2.24, 2.45) is 0 Å². The van der Waals surface area contributed by atoms with Gasteiger partial charge in [0.25, 0.3) is 5.91 Å². The van der Waals surface area contributed by atoms with Crippen LogP contribution in [0.5, 0.6) is 0 Å². The number of fused-ring (bicyclic) bond motifs is 1. The minimum Gasteiger partial charge on any atom is -0.465 e. The zero-order valence-electron chi connectivity index (χ0n) is 21.1. The number of aryl methyl sites for hydroxylation is 1. The first-order valence-corrected chi connectivity index (χ1v) is 14.8. The quantitative estimate of drug-likeness (QED) is 0.216. The number of ether oxygens (including phenoxy) is 1. The Bertz CT molecular complexity index is 1360. The van der Waals surface area contributed by atoms with Crippen molar-refractivity contribution in [1.82, 2.24) is 0 Å². The molecule has 2 amide bonds. The van der Waals surface area contributed by atoms with Crippen LogP contribution in [-0.2, 0) is 22.4 Å². The van der Waals surface area contributed by atoms with Gasteiger partial charge in [0.15, 0.2) is 0 Å². The molecule has 0 radical (unpaired) electrons. The Hall–Kier alpha value is -2.52. The van der Waals surface area contributed by atoms with E-state index in [1.807, 2.05) is 6.07 Å². The average molecular weight is 592 g/mol. The first-order valence-electron chi connectivity index (χ1n) is 12.3. The molecule has 0 saturated heterocycles. The van der Waals surface area contributed by atoms with E-state index in [2.05, 4.69) is 10.6 Å². The van der Waals surface area contributed by atoms with Gasteiger partial charge in [-0.25, -0.2) is 4.79 Å². The van der Waals surface area contributed by atoms with E-state index in [-0.39, 0.29) is 16.8 Å². The topological polar surface area (TPSA) is 84.5 Å². The van der Waals surface area contributed by atoms with Crippen LogP contribution in [0.2, 0.25) is 10.0 Å². The standard InChI is InChI=1S/C28H28Cl2N2O4S2/c1-16(25(33)32-27-24(28(35)36-2)21-10-5-3-4-6-11-23(21)38-27)37-19-9-7-8-18(15-19)31-26(34)20-13-12-17(29)14-22(20)30/h7-9,12-16H,3-6,10-11H2,1-2H3,(H,31,34)(H,32,33). The van der Waals surface area contributed by atoms with Gasteiger partial charge < -0.3 is 15.4 Å². The highest BCUT2D eigenvalue weighted by Gasteiger charge is 2.27. The highest BCUT2D eigenvalue weighted by atomic mass is 35.5. The second-order valence-electron chi connectivity index (χ2n) is 8.97. The van der Waals surface area contributed by atoms with Crippen molar-refractivity contribution in [3.63, 3.8) is 0 Å². The smallest absolute Gasteiger partial charge is 0.341 e. The summed E-state index contributed by atoms with van der Waals surface area (Å²) in [5.41, 5.74) is 2.39. The summed E-state index contributed by atoms with van der Waals surface area (Å²) in [5, 5.41) is 6.63. The minimum atomic E-state index is -0.457. The molecule has 0 aliphatic heterocycles. The van der Waals surface area contributed by atoms with Gasteiger partial charge in [-0.1, -0.05) is 42.1 Å². The highest BCUT2D eigenvalue weighted by molar-refractivity contribution is 8.00. The van der Waals surface area contributed by atoms with Gasteiger partial charge in [-0.2, -0.15) is 0 Å². The molecule has 1 aliphatic rings. The number of methoxy groups -OCH3 is 1. The number of amides is 2. The Labute approximate surface area is 240 Å². The van der Waals surface area contributed by atoms with E-state index < -0.39 is 11.2 Å². The fourth-order valence-electron chi connectivity index (χ4n) is 4.32. The van der Waals surface area contributed by atoms with Crippen LogP contribution in [-0.4, -0.2) is 30.1 Å². The molecular weight excluding hydrogens is 563 g/mol. The number of halogens is 2. The molecule has 10 heteroatoms. The zero-order chi connectivity index (χ0) is 27.2. The Morgan fingerprint density at radius 3 is 2.50 bits per heavy atom. The van der Waals surface area contributed by atoms with E-state index in [0.29, 0.717) is 26.8 Å². The second-order valence-corrected chi connectivity index (χ2v) is 12.3. The van der Waals surface area contributed by atoms with Crippen molar-refractivity contribution >= 4 is 74.8 Å². The molecule has 0 spiro atoms. The van der Waals surface area contributed by atoms with E-state index in [4.69, 9.17) is 27.9 Å². The first-order chi connectivity index (χ1) is 18.3. The third-order valence-corrected chi connectivity index (χ3v) is 9.10. The molecule has 6 nitrogen and oxygen atoms in total. The van der Waals surface area contributed by atoms with Crippen molar-refractivity contribution < 1.29 is 19.1 Å². The maximum absolute atomic E-state index is 13.2. The highest BCUT2D eigenvalue weighted by Crippen LogP contribution is 2.38. The number of thiophene rings is 1. The van der Waals surface area contributed by atoms with Crippen LogP contribution < -0.4 is 10.6 Å². The number of benzene rings is 2. The third kappa shape index (κ3) is 6.91. The molecule has 1 atom stereocenters. The predicted octanol–water partition coefficient (Wildman–Crippen LogP) is 7.87. The zero-order valence-corrected chi connectivity index (χ0v) is 24.2. The van der Waals surface area contributed by atoms with Gasteiger partial charge in [0.2, 0.25) is 5.91 Å². The Balaban J connectivity index is 1.45. The Morgan fingerprint density at radius 1 is 1.00 bits per heavy atom. The lowest BCUT2D eigenvalue weighted by Gasteiger charge is -2.14. The van der Waals surface area contributed by atoms with Gasteiger partial charge in [0.05, 0.1) is 28.5 Å². The lowest BCUT2D eigenvalue weighted by atomic mass is 9.96. The molecule has 0 fully saturated rings. The normalized spacial score (nSPS) is 14.0. The van der Waals surface area contributed by atoms with Crippen molar-refractivity contribution in [2.45, 2.75) is 55.6 Å². The van der Waals surface area contributed by atoms with Crippen LogP contribution in [0.25, 0.3) is 0 Å². The van der Waals surface area contributed by atoms with Crippen LogP contribution in [0.1, 0.15) is 63.8 Å². The molecule has 0 saturated carbocycles. The first kappa shape index (κ1) is 28.5. The van der Waals surface area contributed by atoms with Crippen molar-refractivity contribution in [3.8, 4) is 0 Å². The number of carbonyl (C=O) groups excluding carboxylic acids is 3. The molecule has 2 aromatic carbocycles.